The van der Waals surface area contributed by atoms with Crippen LogP contribution in [0.5, 0.6) is 0 Å². The van der Waals surface area contributed by atoms with Gasteiger partial charge in [-0.3, -0.25) is 15.0 Å². The van der Waals surface area contributed by atoms with Gasteiger partial charge in [0.05, 0.1) is 0 Å². The van der Waals surface area contributed by atoms with Crippen molar-refractivity contribution in [3.05, 3.63) is 48.0 Å². The molecule has 0 bridgehead atoms. The number of pyridine rings is 1. The van der Waals surface area contributed by atoms with Crippen molar-refractivity contribution >= 4 is 0 Å². The molecule has 0 unspecified atom stereocenters. The lowest BCUT2D eigenvalue weighted by Gasteiger charge is -2.35. The molecule has 1 N–H and O–H groups in total. The highest BCUT2D eigenvalue weighted by atomic mass is 15.2. The Balaban J connectivity index is 1.57. The molecule has 0 aromatic carbocycles. The topological polar surface area (TPSA) is 44.8 Å². The van der Waals surface area contributed by atoms with E-state index in [-0.39, 0.29) is 0 Å². The zero-order chi connectivity index (χ0) is 13.6. The highest BCUT2D eigenvalue weighted by Gasteiger charge is 2.22. The van der Waals surface area contributed by atoms with Crippen molar-refractivity contribution in [1.82, 2.24) is 20.1 Å². The van der Waals surface area contributed by atoms with Gasteiger partial charge in [-0.25, -0.2) is 0 Å². The number of aromatic amines is 1. The Bertz CT molecular complexity index is 494. The molecule has 1 atom stereocenters. The number of aryl methyl sites for hydroxylation is 1. The van der Waals surface area contributed by atoms with Crippen LogP contribution in [0.1, 0.15) is 37.1 Å². The average Bonchev–Trinajstić information content (AvgIpc) is 3.00. The van der Waals surface area contributed by atoms with E-state index in [4.69, 9.17) is 0 Å². The summed E-state index contributed by atoms with van der Waals surface area (Å²) < 4.78 is 0. The predicted molar refractivity (Wildman–Crippen MR) is 79.2 cm³/mol. The fourth-order valence-electron chi connectivity index (χ4n) is 3.05. The lowest BCUT2D eigenvalue weighted by molar-refractivity contribution is 0.130. The van der Waals surface area contributed by atoms with Crippen molar-refractivity contribution < 1.29 is 0 Å². The molecule has 3 heterocycles. The van der Waals surface area contributed by atoms with Crippen LogP contribution in [-0.4, -0.2) is 32.7 Å². The molecule has 0 aliphatic carbocycles. The van der Waals surface area contributed by atoms with E-state index < -0.39 is 0 Å². The maximum atomic E-state index is 4.43. The van der Waals surface area contributed by atoms with Crippen molar-refractivity contribution in [3.63, 3.8) is 0 Å². The molecule has 0 radical (unpaired) electrons. The Hall–Kier alpha value is -1.68. The molecule has 0 spiro atoms. The van der Waals surface area contributed by atoms with Gasteiger partial charge in [0, 0.05) is 36.4 Å². The van der Waals surface area contributed by atoms with Crippen molar-refractivity contribution in [2.75, 3.05) is 6.54 Å². The molecule has 1 aliphatic heterocycles. The van der Waals surface area contributed by atoms with Gasteiger partial charge in [-0.15, -0.1) is 0 Å². The largest absolute Gasteiger partial charge is 0.295 e. The second-order valence-electron chi connectivity index (χ2n) is 5.56. The summed E-state index contributed by atoms with van der Waals surface area (Å²) in [7, 11) is 0. The molecule has 4 heteroatoms. The third-order valence-corrected chi connectivity index (χ3v) is 4.14. The maximum absolute atomic E-state index is 4.43. The number of aromatic nitrogens is 3. The molecule has 2 aromatic heterocycles. The van der Waals surface area contributed by atoms with E-state index in [1.54, 1.807) is 0 Å². The summed E-state index contributed by atoms with van der Waals surface area (Å²) in [6.07, 6.45) is 9.97. The first kappa shape index (κ1) is 13.3. The Morgan fingerprint density at radius 2 is 2.20 bits per heavy atom. The standard InChI is InChI=1S/C16H22N4/c1-3-10-17-14(5-1)7-8-16-6-2-4-12-20(16)13-15-9-11-18-19-15/h1,3,5,9-11,16H,2,4,6-8,12-13H2,(H,18,19)/t16-/m0/s1. The number of likely N-dealkylation sites (tertiary alicyclic amines) is 1. The van der Waals surface area contributed by atoms with Crippen LogP contribution in [0.25, 0.3) is 0 Å². The van der Waals surface area contributed by atoms with Gasteiger partial charge in [-0.05, 0) is 50.4 Å². The summed E-state index contributed by atoms with van der Waals surface area (Å²) in [6.45, 7) is 2.19. The van der Waals surface area contributed by atoms with Gasteiger partial charge in [-0.1, -0.05) is 12.5 Å². The zero-order valence-electron chi connectivity index (χ0n) is 11.8. The first-order valence-electron chi connectivity index (χ1n) is 7.54. The van der Waals surface area contributed by atoms with Crippen LogP contribution in [0.4, 0.5) is 0 Å². The molecule has 0 saturated carbocycles. The number of hydrogen-bond acceptors (Lipinski definition) is 3. The smallest absolute Gasteiger partial charge is 0.0492 e. The second kappa shape index (κ2) is 6.66. The van der Waals surface area contributed by atoms with Crippen LogP contribution in [0.3, 0.4) is 0 Å². The van der Waals surface area contributed by atoms with E-state index in [9.17, 15) is 0 Å². The summed E-state index contributed by atoms with van der Waals surface area (Å²) in [5.41, 5.74) is 2.43. The molecular weight excluding hydrogens is 248 g/mol. The molecule has 106 valence electrons. The predicted octanol–water partition coefficient (Wildman–Crippen LogP) is 2.79. The lowest BCUT2D eigenvalue weighted by atomic mass is 9.97. The maximum Gasteiger partial charge on any atom is 0.0492 e. The van der Waals surface area contributed by atoms with E-state index >= 15 is 0 Å². The Kier molecular flexibility index (Phi) is 4.43. The average molecular weight is 270 g/mol. The molecular formula is C16H22N4. The summed E-state index contributed by atoms with van der Waals surface area (Å²) in [6, 6.07) is 8.93. The van der Waals surface area contributed by atoms with Gasteiger partial charge < -0.3 is 0 Å². The van der Waals surface area contributed by atoms with Gasteiger partial charge >= 0.3 is 0 Å². The monoisotopic (exact) mass is 270 g/mol. The number of hydrogen-bond donors (Lipinski definition) is 1. The lowest BCUT2D eigenvalue weighted by Crippen LogP contribution is -2.39. The number of rotatable bonds is 5. The third kappa shape index (κ3) is 3.45. The first-order chi connectivity index (χ1) is 9.92. The summed E-state index contributed by atoms with van der Waals surface area (Å²) in [5.74, 6) is 0. The molecule has 4 nitrogen and oxygen atoms in total. The number of piperidine rings is 1. The Morgan fingerprint density at radius 3 is 3.00 bits per heavy atom. The molecule has 1 saturated heterocycles. The first-order valence-corrected chi connectivity index (χ1v) is 7.54. The molecule has 2 aromatic rings. The zero-order valence-corrected chi connectivity index (χ0v) is 11.8. The quantitative estimate of drug-likeness (QED) is 0.908. The third-order valence-electron chi connectivity index (χ3n) is 4.14. The number of H-pyrrole nitrogens is 1. The summed E-state index contributed by atoms with van der Waals surface area (Å²) in [4.78, 5) is 7.03. The SMILES string of the molecule is c1ccc(CC[C@@H]2CCCCN2Cc2ccn[nH]2)nc1. The van der Waals surface area contributed by atoms with Gasteiger partial charge in [-0.2, -0.15) is 5.10 Å². The summed E-state index contributed by atoms with van der Waals surface area (Å²) in [5, 5.41) is 7.12. The minimum atomic E-state index is 0.675. The van der Waals surface area contributed by atoms with Gasteiger partial charge in [0.25, 0.3) is 0 Å². The number of nitrogens with one attached hydrogen (secondary N) is 1. The second-order valence-corrected chi connectivity index (χ2v) is 5.56. The van der Waals surface area contributed by atoms with Crippen LogP contribution in [0.2, 0.25) is 0 Å². The Labute approximate surface area is 120 Å². The van der Waals surface area contributed by atoms with Crippen molar-refractivity contribution in [1.29, 1.82) is 0 Å². The molecule has 1 aliphatic rings. The molecule has 0 amide bonds. The Morgan fingerprint density at radius 1 is 1.20 bits per heavy atom. The van der Waals surface area contributed by atoms with E-state index in [0.717, 1.165) is 13.0 Å². The summed E-state index contributed by atoms with van der Waals surface area (Å²) >= 11 is 0. The van der Waals surface area contributed by atoms with E-state index in [2.05, 4.69) is 38.3 Å². The van der Waals surface area contributed by atoms with E-state index in [0.29, 0.717) is 6.04 Å². The number of nitrogens with zero attached hydrogens (tertiary/aromatic N) is 3. The molecule has 3 rings (SSSR count). The normalized spacial score (nSPS) is 20.1. The van der Waals surface area contributed by atoms with Gasteiger partial charge in [0.2, 0.25) is 0 Å². The van der Waals surface area contributed by atoms with Gasteiger partial charge in [0.15, 0.2) is 0 Å². The van der Waals surface area contributed by atoms with Crippen LogP contribution in [-0.2, 0) is 13.0 Å². The molecule has 1 fully saturated rings. The fourth-order valence-corrected chi connectivity index (χ4v) is 3.05. The molecule has 20 heavy (non-hydrogen) atoms. The van der Waals surface area contributed by atoms with Gasteiger partial charge in [0.1, 0.15) is 0 Å². The fraction of sp³-hybridized carbons (Fsp3) is 0.500. The van der Waals surface area contributed by atoms with E-state index in [1.165, 1.54) is 43.6 Å². The minimum absolute atomic E-state index is 0.675. The van der Waals surface area contributed by atoms with Crippen LogP contribution in [0, 0.1) is 0 Å². The van der Waals surface area contributed by atoms with Crippen LogP contribution < -0.4 is 0 Å². The highest BCUT2D eigenvalue weighted by molar-refractivity contribution is 5.04. The van der Waals surface area contributed by atoms with Crippen LogP contribution >= 0.6 is 0 Å². The van der Waals surface area contributed by atoms with Crippen LogP contribution in [0.15, 0.2) is 36.7 Å². The highest BCUT2D eigenvalue weighted by Crippen LogP contribution is 2.22. The minimum Gasteiger partial charge on any atom is -0.295 e. The van der Waals surface area contributed by atoms with Crippen molar-refractivity contribution in [2.24, 2.45) is 0 Å². The van der Waals surface area contributed by atoms with Crippen molar-refractivity contribution in [2.45, 2.75) is 44.7 Å². The van der Waals surface area contributed by atoms with E-state index in [1.807, 2.05) is 18.5 Å². The van der Waals surface area contributed by atoms with Crippen molar-refractivity contribution in [3.8, 4) is 0 Å².